The van der Waals surface area contributed by atoms with Gasteiger partial charge in [0.15, 0.2) is 0 Å². The van der Waals surface area contributed by atoms with Crippen molar-refractivity contribution in [3.05, 3.63) is 97.1 Å². The van der Waals surface area contributed by atoms with Crippen molar-refractivity contribution in [2.75, 3.05) is 0 Å². The lowest BCUT2D eigenvalue weighted by atomic mass is 9.79. The van der Waals surface area contributed by atoms with Crippen molar-refractivity contribution in [2.45, 2.75) is 225 Å². The van der Waals surface area contributed by atoms with E-state index in [4.69, 9.17) is 56.2 Å². The van der Waals surface area contributed by atoms with E-state index in [1.54, 1.807) is 0 Å². The van der Waals surface area contributed by atoms with Crippen LogP contribution in [0.3, 0.4) is 0 Å². The predicted octanol–water partition coefficient (Wildman–Crippen LogP) is 10.4. The van der Waals surface area contributed by atoms with Crippen molar-refractivity contribution < 1.29 is 56.2 Å². The first-order chi connectivity index (χ1) is 34.9. The molecule has 2 aliphatic carbocycles. The Morgan fingerprint density at radius 3 is 0.587 bits per heavy atom. The molecule has 4 aromatic rings. The lowest BCUT2D eigenvalue weighted by Gasteiger charge is -2.37. The molecule has 0 radical (unpaired) electrons. The molecule has 2 saturated carbocycles. The van der Waals surface area contributed by atoms with Crippen LogP contribution in [0.15, 0.2) is 97.1 Å². The summed E-state index contributed by atoms with van der Waals surface area (Å²) in [6.07, 6.45) is 8.81. The van der Waals surface area contributed by atoms with Gasteiger partial charge in [-0.15, -0.1) is 0 Å². The Hall–Kier alpha value is -3.98. The highest BCUT2D eigenvalue weighted by Crippen LogP contribution is 2.42. The molecule has 4 heterocycles. The summed E-state index contributed by atoms with van der Waals surface area (Å²) in [5.41, 5.74) is 0.959. The van der Waals surface area contributed by atoms with E-state index >= 15 is 0 Å². The molecule has 4 aliphatic heterocycles. The van der Waals surface area contributed by atoms with E-state index in [-0.39, 0.29) is 44.8 Å². The molecule has 0 aromatic heterocycles. The van der Waals surface area contributed by atoms with Gasteiger partial charge < -0.3 is 56.2 Å². The first-order valence-electron chi connectivity index (χ1n) is 27.5. The molecule has 12 nitrogen and oxygen atoms in total. The number of hydrogen-bond acceptors (Lipinski definition) is 12. The molecule has 0 N–H and O–H groups in total. The number of rotatable bonds is 12. The molecular weight excluding hydrogens is 944 g/mol. The Bertz CT molecular complexity index is 2350. The summed E-state index contributed by atoms with van der Waals surface area (Å²) in [5.74, 6) is 1.72. The molecule has 10 rings (SSSR count). The van der Waals surface area contributed by atoms with Gasteiger partial charge in [0.25, 0.3) is 11.6 Å². The maximum absolute atomic E-state index is 6.58. The molecule has 16 heteroatoms. The van der Waals surface area contributed by atoms with Gasteiger partial charge in [0, 0.05) is 25.7 Å². The molecule has 0 bridgehead atoms. The molecular formula is C59H82B4O12. The smallest absolute Gasteiger partial charge is 0.452 e. The third-order valence-corrected chi connectivity index (χ3v) is 17.8. The Morgan fingerprint density at radius 1 is 0.253 bits per heavy atom. The molecule has 75 heavy (non-hydrogen) atoms. The molecule has 4 aromatic carbocycles. The average molecular weight is 1030 g/mol. The lowest BCUT2D eigenvalue weighted by molar-refractivity contribution is -0.137. The molecule has 0 spiro atoms. The van der Waals surface area contributed by atoms with Crippen LogP contribution in [0.2, 0.25) is 0 Å². The molecule has 6 aliphatic rings. The Morgan fingerprint density at radius 2 is 0.413 bits per heavy atom. The standard InChI is InChI=1S/C30H42B2O6.C29H40B2O6/c1-26(2)27(3,4)36-31(35-26)22-12-16-24(17-13-22)33-30(20-10-9-11-21-30)34-25-18-14-23(15-19-25)32-37-28(5,6)29(7,8)38-32;1-25(2)26(3,4)35-30(34-25)21-11-15-23(16-12-21)32-29(19-9-10-20-29)33-24-17-13-22(14-18-24)31-36-27(5,6)28(7,8)37-31/h12-19H,9-11,20-21H2,1-8H3;11-18H,9-10,19-20H2,1-8H3. The highest BCUT2D eigenvalue weighted by molar-refractivity contribution is 6.63. The fourth-order valence-electron chi connectivity index (χ4n) is 10.0. The summed E-state index contributed by atoms with van der Waals surface area (Å²) in [4.78, 5) is 0. The third-order valence-electron chi connectivity index (χ3n) is 17.8. The van der Waals surface area contributed by atoms with Gasteiger partial charge in [0.1, 0.15) is 23.0 Å². The Labute approximate surface area is 449 Å². The van der Waals surface area contributed by atoms with Crippen LogP contribution in [0.5, 0.6) is 23.0 Å². The minimum absolute atomic E-state index is 0.368. The topological polar surface area (TPSA) is 111 Å². The fourth-order valence-corrected chi connectivity index (χ4v) is 10.0. The maximum atomic E-state index is 6.58. The predicted molar refractivity (Wildman–Crippen MR) is 298 cm³/mol. The van der Waals surface area contributed by atoms with Gasteiger partial charge in [-0.3, -0.25) is 0 Å². The van der Waals surface area contributed by atoms with Crippen molar-refractivity contribution in [1.29, 1.82) is 0 Å². The van der Waals surface area contributed by atoms with Gasteiger partial charge in [0.05, 0.1) is 44.8 Å². The Balaban J connectivity index is 0.000000184. The van der Waals surface area contributed by atoms with E-state index in [2.05, 4.69) is 111 Å². The highest BCUT2D eigenvalue weighted by Gasteiger charge is 2.55. The summed E-state index contributed by atoms with van der Waals surface area (Å²) in [6, 6.07) is 32.0. The van der Waals surface area contributed by atoms with E-state index in [1.807, 2.05) is 97.1 Å². The van der Waals surface area contributed by atoms with E-state index in [0.29, 0.717) is 0 Å². The minimum atomic E-state index is -0.698. The third kappa shape index (κ3) is 11.6. The quantitative estimate of drug-likeness (QED) is 0.0995. The van der Waals surface area contributed by atoms with Crippen LogP contribution in [0.25, 0.3) is 0 Å². The van der Waals surface area contributed by atoms with Crippen molar-refractivity contribution in [2.24, 2.45) is 0 Å². The van der Waals surface area contributed by atoms with Crippen molar-refractivity contribution in [3.63, 3.8) is 0 Å². The highest BCUT2D eigenvalue weighted by atomic mass is 16.7. The first-order valence-corrected chi connectivity index (χ1v) is 27.5. The van der Waals surface area contributed by atoms with Gasteiger partial charge in [-0.2, -0.15) is 0 Å². The van der Waals surface area contributed by atoms with Crippen LogP contribution in [0.1, 0.15) is 169 Å². The molecule has 0 unspecified atom stereocenters. The minimum Gasteiger partial charge on any atom is -0.452 e. The van der Waals surface area contributed by atoms with Gasteiger partial charge in [-0.25, -0.2) is 0 Å². The number of benzene rings is 4. The van der Waals surface area contributed by atoms with E-state index in [0.717, 1.165) is 96.2 Å². The molecule has 6 fully saturated rings. The molecule has 0 atom stereocenters. The van der Waals surface area contributed by atoms with Gasteiger partial charge >= 0.3 is 28.5 Å². The fraction of sp³-hybridized carbons (Fsp3) is 0.593. The van der Waals surface area contributed by atoms with Crippen LogP contribution in [0, 0.1) is 0 Å². The van der Waals surface area contributed by atoms with Gasteiger partial charge in [0.2, 0.25) is 0 Å². The summed E-state index contributed by atoms with van der Waals surface area (Å²) in [5, 5.41) is 0. The number of ether oxygens (including phenoxy) is 4. The average Bonchev–Trinajstić information content (AvgIpc) is 4.05. The van der Waals surface area contributed by atoms with Crippen LogP contribution in [-0.2, 0) is 37.2 Å². The molecule has 402 valence electrons. The van der Waals surface area contributed by atoms with E-state index < -0.39 is 40.0 Å². The number of hydrogen-bond donors (Lipinski definition) is 0. The normalized spacial score (nSPS) is 24.9. The largest absolute Gasteiger partial charge is 0.494 e. The second kappa shape index (κ2) is 20.0. The summed E-state index contributed by atoms with van der Waals surface area (Å²) in [7, 11) is -1.57. The van der Waals surface area contributed by atoms with Crippen LogP contribution in [0.4, 0.5) is 0 Å². The SMILES string of the molecule is CC1(C)OB(c2ccc(OC3(Oc4ccc(B5OC(C)(C)C(C)(C)O5)cc4)CCCC3)cc2)OC1(C)C.CC1(C)OB(c2ccc(OC3(Oc4ccc(B5OC(C)(C)C(C)(C)O5)cc4)CCCCC3)cc2)OC1(C)C. The second-order valence-corrected chi connectivity index (χ2v) is 25.6. The van der Waals surface area contributed by atoms with Crippen molar-refractivity contribution in [1.82, 2.24) is 0 Å². The molecule has 0 amide bonds. The van der Waals surface area contributed by atoms with E-state index in [1.165, 1.54) is 6.42 Å². The second-order valence-electron chi connectivity index (χ2n) is 25.6. The molecule has 4 saturated heterocycles. The van der Waals surface area contributed by atoms with Crippen molar-refractivity contribution in [3.8, 4) is 23.0 Å². The lowest BCUT2D eigenvalue weighted by Crippen LogP contribution is -2.44. The van der Waals surface area contributed by atoms with Gasteiger partial charge in [-0.1, -0.05) is 55.0 Å². The maximum Gasteiger partial charge on any atom is 0.494 e. The zero-order chi connectivity index (χ0) is 54.1. The summed E-state index contributed by atoms with van der Waals surface area (Å²) in [6.45, 7) is 33.0. The summed E-state index contributed by atoms with van der Waals surface area (Å²) < 4.78 is 75.7. The monoisotopic (exact) mass is 1030 g/mol. The van der Waals surface area contributed by atoms with Gasteiger partial charge in [-0.05, 0) is 207 Å². The Kier molecular flexibility index (Phi) is 14.9. The van der Waals surface area contributed by atoms with Crippen molar-refractivity contribution >= 4 is 50.3 Å². The van der Waals surface area contributed by atoms with E-state index in [9.17, 15) is 0 Å². The van der Waals surface area contributed by atoms with Crippen LogP contribution >= 0.6 is 0 Å². The zero-order valence-electron chi connectivity index (χ0n) is 47.8. The zero-order valence-corrected chi connectivity index (χ0v) is 47.8. The van der Waals surface area contributed by atoms with Crippen LogP contribution < -0.4 is 40.8 Å². The first kappa shape index (κ1) is 55.8. The van der Waals surface area contributed by atoms with Crippen LogP contribution in [-0.4, -0.2) is 84.9 Å². The summed E-state index contributed by atoms with van der Waals surface area (Å²) >= 11 is 0.